The van der Waals surface area contributed by atoms with Gasteiger partial charge in [-0.25, -0.2) is 8.42 Å². The average molecular weight is 253 g/mol. The highest BCUT2D eigenvalue weighted by molar-refractivity contribution is 7.92. The molecule has 1 aliphatic rings. The molecule has 0 aliphatic heterocycles. The SMILES string of the molecule is Cc1ccc(S(=O)(=O)C2CCC(N)C2C)cc1. The van der Waals surface area contributed by atoms with E-state index >= 15 is 0 Å². The molecule has 3 unspecified atom stereocenters. The van der Waals surface area contributed by atoms with Gasteiger partial charge in [-0.05, 0) is 37.8 Å². The standard InChI is InChI=1S/C13H19NO2S/c1-9-3-5-11(6-4-9)17(15,16)13-8-7-12(14)10(13)2/h3-6,10,12-13H,7-8,14H2,1-2H3. The molecule has 1 aromatic carbocycles. The second kappa shape index (κ2) is 4.42. The first-order chi connectivity index (χ1) is 7.93. The molecule has 0 amide bonds. The summed E-state index contributed by atoms with van der Waals surface area (Å²) in [7, 11) is -3.22. The van der Waals surface area contributed by atoms with Crippen LogP contribution in [0.4, 0.5) is 0 Å². The first-order valence-corrected chi connectivity index (χ1v) is 7.53. The zero-order valence-electron chi connectivity index (χ0n) is 10.3. The largest absolute Gasteiger partial charge is 0.327 e. The zero-order chi connectivity index (χ0) is 12.6. The first kappa shape index (κ1) is 12.6. The van der Waals surface area contributed by atoms with Crippen molar-refractivity contribution in [3.8, 4) is 0 Å². The van der Waals surface area contributed by atoms with Crippen LogP contribution in [0.25, 0.3) is 0 Å². The highest BCUT2D eigenvalue weighted by Crippen LogP contribution is 2.33. The summed E-state index contributed by atoms with van der Waals surface area (Å²) < 4.78 is 24.9. The van der Waals surface area contributed by atoms with Crippen molar-refractivity contribution in [2.45, 2.75) is 42.9 Å². The fourth-order valence-electron chi connectivity index (χ4n) is 2.50. The van der Waals surface area contributed by atoms with Crippen molar-refractivity contribution in [3.63, 3.8) is 0 Å². The van der Waals surface area contributed by atoms with E-state index in [2.05, 4.69) is 0 Å². The van der Waals surface area contributed by atoms with Crippen LogP contribution in [0.15, 0.2) is 29.2 Å². The Kier molecular flexibility index (Phi) is 3.27. The third-order valence-corrected chi connectivity index (χ3v) is 6.19. The normalized spacial score (nSPS) is 29.5. The minimum absolute atomic E-state index is 0.0141. The highest BCUT2D eigenvalue weighted by Gasteiger charge is 2.39. The fraction of sp³-hybridized carbons (Fsp3) is 0.538. The van der Waals surface area contributed by atoms with Crippen LogP contribution in [0.2, 0.25) is 0 Å². The Morgan fingerprint density at radius 1 is 1.18 bits per heavy atom. The van der Waals surface area contributed by atoms with Gasteiger partial charge >= 0.3 is 0 Å². The van der Waals surface area contributed by atoms with E-state index in [0.29, 0.717) is 11.3 Å². The molecule has 1 fully saturated rings. The lowest BCUT2D eigenvalue weighted by Gasteiger charge is -2.18. The third kappa shape index (κ3) is 2.24. The number of hydrogen-bond acceptors (Lipinski definition) is 3. The quantitative estimate of drug-likeness (QED) is 0.875. The molecule has 3 atom stereocenters. The van der Waals surface area contributed by atoms with Gasteiger partial charge in [0.25, 0.3) is 0 Å². The van der Waals surface area contributed by atoms with Gasteiger partial charge in [0.1, 0.15) is 0 Å². The molecule has 2 rings (SSSR count). The lowest BCUT2D eigenvalue weighted by molar-refractivity contribution is 0.507. The van der Waals surface area contributed by atoms with E-state index in [9.17, 15) is 8.42 Å². The second-order valence-corrected chi connectivity index (χ2v) is 7.16. The molecule has 2 N–H and O–H groups in total. The molecule has 0 saturated heterocycles. The summed E-state index contributed by atoms with van der Waals surface area (Å²) in [6.07, 6.45) is 1.48. The summed E-state index contributed by atoms with van der Waals surface area (Å²) in [4.78, 5) is 0.425. The average Bonchev–Trinajstić information content (AvgIpc) is 2.61. The first-order valence-electron chi connectivity index (χ1n) is 5.99. The van der Waals surface area contributed by atoms with Crippen LogP contribution in [0.1, 0.15) is 25.3 Å². The van der Waals surface area contributed by atoms with Crippen LogP contribution in [0.5, 0.6) is 0 Å². The second-order valence-electron chi connectivity index (χ2n) is 5.00. The number of sulfone groups is 1. The molecule has 0 radical (unpaired) electrons. The summed E-state index contributed by atoms with van der Waals surface area (Å²) in [5.74, 6) is 0.0429. The Balaban J connectivity index is 2.34. The van der Waals surface area contributed by atoms with Gasteiger partial charge < -0.3 is 5.73 Å². The van der Waals surface area contributed by atoms with Crippen LogP contribution in [-0.2, 0) is 9.84 Å². The Labute approximate surface area is 103 Å². The molecule has 0 heterocycles. The maximum absolute atomic E-state index is 12.4. The molecule has 1 aliphatic carbocycles. The van der Waals surface area contributed by atoms with E-state index in [1.54, 1.807) is 12.1 Å². The predicted molar refractivity (Wildman–Crippen MR) is 68.5 cm³/mol. The summed E-state index contributed by atoms with van der Waals surface area (Å²) in [6.45, 7) is 3.89. The monoisotopic (exact) mass is 253 g/mol. The Morgan fingerprint density at radius 3 is 2.24 bits per heavy atom. The van der Waals surface area contributed by atoms with Gasteiger partial charge in [-0.2, -0.15) is 0 Å². The van der Waals surface area contributed by atoms with Crippen LogP contribution in [-0.4, -0.2) is 19.7 Å². The molecule has 4 heteroatoms. The van der Waals surface area contributed by atoms with Crippen LogP contribution in [0.3, 0.4) is 0 Å². The van der Waals surface area contributed by atoms with E-state index in [0.717, 1.165) is 12.0 Å². The van der Waals surface area contributed by atoms with E-state index < -0.39 is 9.84 Å². The molecule has 94 valence electrons. The molecular formula is C13H19NO2S. The van der Waals surface area contributed by atoms with Gasteiger partial charge in [0.05, 0.1) is 10.1 Å². The number of hydrogen-bond donors (Lipinski definition) is 1. The molecular weight excluding hydrogens is 234 g/mol. The van der Waals surface area contributed by atoms with Gasteiger partial charge in [-0.3, -0.25) is 0 Å². The van der Waals surface area contributed by atoms with Crippen molar-refractivity contribution in [3.05, 3.63) is 29.8 Å². The van der Waals surface area contributed by atoms with Gasteiger partial charge in [-0.15, -0.1) is 0 Å². The number of benzene rings is 1. The Hall–Kier alpha value is -0.870. The summed E-state index contributed by atoms with van der Waals surface area (Å²) in [5, 5.41) is -0.319. The van der Waals surface area contributed by atoms with Crippen molar-refractivity contribution < 1.29 is 8.42 Å². The van der Waals surface area contributed by atoms with E-state index in [-0.39, 0.29) is 17.2 Å². The smallest absolute Gasteiger partial charge is 0.181 e. The lowest BCUT2D eigenvalue weighted by Crippen LogP contribution is -2.32. The topological polar surface area (TPSA) is 60.2 Å². The van der Waals surface area contributed by atoms with Crippen LogP contribution < -0.4 is 5.73 Å². The third-order valence-electron chi connectivity index (χ3n) is 3.79. The number of rotatable bonds is 2. The van der Waals surface area contributed by atoms with E-state index in [4.69, 9.17) is 5.73 Å². The summed E-state index contributed by atoms with van der Waals surface area (Å²) >= 11 is 0. The molecule has 1 saturated carbocycles. The van der Waals surface area contributed by atoms with E-state index in [1.165, 1.54) is 0 Å². The number of nitrogens with two attached hydrogens (primary N) is 1. The molecule has 1 aromatic rings. The Morgan fingerprint density at radius 2 is 1.76 bits per heavy atom. The zero-order valence-corrected chi connectivity index (χ0v) is 11.1. The molecule has 3 nitrogen and oxygen atoms in total. The molecule has 0 aromatic heterocycles. The van der Waals surface area contributed by atoms with Gasteiger partial charge in [0, 0.05) is 6.04 Å². The maximum atomic E-state index is 12.4. The van der Waals surface area contributed by atoms with Crippen molar-refractivity contribution in [2.24, 2.45) is 11.7 Å². The van der Waals surface area contributed by atoms with Gasteiger partial charge in [0.15, 0.2) is 9.84 Å². The fourth-order valence-corrected chi connectivity index (χ4v) is 4.58. The highest BCUT2D eigenvalue weighted by atomic mass is 32.2. The Bertz CT molecular complexity index is 493. The number of aryl methyl sites for hydroxylation is 1. The predicted octanol–water partition coefficient (Wildman–Crippen LogP) is 1.89. The maximum Gasteiger partial charge on any atom is 0.181 e. The molecule has 0 spiro atoms. The summed E-state index contributed by atoms with van der Waals surface area (Å²) in [5.41, 5.74) is 6.97. The van der Waals surface area contributed by atoms with Crippen molar-refractivity contribution >= 4 is 9.84 Å². The molecule has 17 heavy (non-hydrogen) atoms. The van der Waals surface area contributed by atoms with Crippen molar-refractivity contribution in [1.29, 1.82) is 0 Å². The van der Waals surface area contributed by atoms with Crippen molar-refractivity contribution in [1.82, 2.24) is 0 Å². The summed E-state index contributed by atoms with van der Waals surface area (Å²) in [6, 6.07) is 7.08. The van der Waals surface area contributed by atoms with Crippen molar-refractivity contribution in [2.75, 3.05) is 0 Å². The molecule has 0 bridgehead atoms. The lowest BCUT2D eigenvalue weighted by atomic mass is 10.1. The van der Waals surface area contributed by atoms with Crippen LogP contribution in [0, 0.1) is 12.8 Å². The minimum Gasteiger partial charge on any atom is -0.327 e. The van der Waals surface area contributed by atoms with Gasteiger partial charge in [-0.1, -0.05) is 24.6 Å². The van der Waals surface area contributed by atoms with E-state index in [1.807, 2.05) is 26.0 Å². The van der Waals surface area contributed by atoms with Gasteiger partial charge in [0.2, 0.25) is 0 Å². The van der Waals surface area contributed by atoms with Crippen LogP contribution >= 0.6 is 0 Å². The minimum atomic E-state index is -3.22.